The predicted octanol–water partition coefficient (Wildman–Crippen LogP) is 21.2. The number of aromatic nitrogens is 6. The van der Waals surface area contributed by atoms with Crippen molar-refractivity contribution in [1.29, 1.82) is 10.5 Å². The van der Waals surface area contributed by atoms with Crippen LogP contribution in [0.3, 0.4) is 0 Å². The summed E-state index contributed by atoms with van der Waals surface area (Å²) in [5.41, 5.74) is 15.0. The van der Waals surface area contributed by atoms with Crippen molar-refractivity contribution in [3.63, 3.8) is 0 Å². The summed E-state index contributed by atoms with van der Waals surface area (Å²) in [6, 6.07) is 91.6. The third kappa shape index (κ3) is 10.1. The summed E-state index contributed by atoms with van der Waals surface area (Å²) < 4.78 is 53.3. The second-order valence-corrected chi connectivity index (χ2v) is 23.1. The zero-order chi connectivity index (χ0) is 63.4. The maximum Gasteiger partial charge on any atom is 0.417 e. The smallest absolute Gasteiger partial charge is 0.308 e. The van der Waals surface area contributed by atoms with Crippen LogP contribution in [0, 0.1) is 22.7 Å². The summed E-state index contributed by atoms with van der Waals surface area (Å²) in [5.74, 6) is 0. The SMILES string of the molecule is N#Cc1cc(-n2c3cc(-c4ccc(-c5ccccc5)nc4)ccc3c3ccc(-c4ccc(-c5ccccc5)nc4)cc32)c(-c2c(C#N)cccc2C(F)(F)F)c(-n2c3cc(-c4ccc(-c5ccccc5)nc4)ccc3c3ccc(-c4ccc(-c5ccccc5)nc4)cc32)c1. The number of pyridine rings is 4. The average molecular weight is 1220 g/mol. The molecule has 11 heteroatoms. The molecule has 0 aliphatic rings. The summed E-state index contributed by atoms with van der Waals surface area (Å²) >= 11 is 0. The van der Waals surface area contributed by atoms with Gasteiger partial charge in [0.25, 0.3) is 0 Å². The Labute approximate surface area is 538 Å². The Kier molecular flexibility index (Phi) is 13.9. The van der Waals surface area contributed by atoms with E-state index in [1.165, 1.54) is 12.1 Å². The lowest BCUT2D eigenvalue weighted by molar-refractivity contribution is -0.137. The fraction of sp³-hybridized carbons (Fsp3) is 0.0120. The molecule has 442 valence electrons. The van der Waals surface area contributed by atoms with Gasteiger partial charge in [-0.2, -0.15) is 23.7 Å². The van der Waals surface area contributed by atoms with Crippen LogP contribution in [0.1, 0.15) is 16.7 Å². The van der Waals surface area contributed by atoms with E-state index in [2.05, 4.69) is 12.1 Å². The van der Waals surface area contributed by atoms with Crippen molar-refractivity contribution in [2.45, 2.75) is 6.18 Å². The molecule has 0 unspecified atom stereocenters. The van der Waals surface area contributed by atoms with Crippen molar-refractivity contribution in [3.8, 4) is 124 Å². The third-order valence-corrected chi connectivity index (χ3v) is 17.6. The van der Waals surface area contributed by atoms with Gasteiger partial charge in [0.05, 0.1) is 85.0 Å². The molecular formula is C83H49F3N8. The lowest BCUT2D eigenvalue weighted by Crippen LogP contribution is -2.12. The first-order valence-corrected chi connectivity index (χ1v) is 30.6. The van der Waals surface area contributed by atoms with Gasteiger partial charge < -0.3 is 9.13 Å². The molecule has 0 radical (unpaired) electrons. The molecule has 0 fully saturated rings. The summed E-state index contributed by atoms with van der Waals surface area (Å²) in [5, 5.41) is 26.0. The molecule has 0 N–H and O–H groups in total. The largest absolute Gasteiger partial charge is 0.417 e. The number of hydrogen-bond acceptors (Lipinski definition) is 6. The highest BCUT2D eigenvalue weighted by Gasteiger charge is 2.37. The molecule has 0 aliphatic carbocycles. The maximum absolute atomic E-state index is 16.5. The Morgan fingerprint density at radius 2 is 0.596 bits per heavy atom. The Hall–Kier alpha value is -12.8. The Bertz CT molecular complexity index is 5090. The molecule has 16 rings (SSSR count). The molecule has 0 aliphatic heterocycles. The van der Waals surface area contributed by atoms with Crippen molar-refractivity contribution < 1.29 is 13.2 Å². The van der Waals surface area contributed by atoms with E-state index >= 15 is 13.2 Å². The van der Waals surface area contributed by atoms with Crippen molar-refractivity contribution in [2.24, 2.45) is 0 Å². The van der Waals surface area contributed by atoms with Gasteiger partial charge in [0.15, 0.2) is 0 Å². The lowest BCUT2D eigenvalue weighted by Gasteiger charge is -2.24. The minimum absolute atomic E-state index is 0.0678. The Morgan fingerprint density at radius 1 is 0.287 bits per heavy atom. The zero-order valence-corrected chi connectivity index (χ0v) is 50.0. The lowest BCUT2D eigenvalue weighted by atomic mass is 9.90. The van der Waals surface area contributed by atoms with Gasteiger partial charge in [0.1, 0.15) is 0 Å². The van der Waals surface area contributed by atoms with Crippen LogP contribution in [0.25, 0.3) is 156 Å². The monoisotopic (exact) mass is 1210 g/mol. The second kappa shape index (κ2) is 23.2. The number of nitrogens with zero attached hydrogens (tertiary/aromatic N) is 8. The van der Waals surface area contributed by atoms with Gasteiger partial charge in [-0.1, -0.05) is 200 Å². The highest BCUT2D eigenvalue weighted by atomic mass is 19.4. The normalized spacial score (nSPS) is 11.5. The van der Waals surface area contributed by atoms with E-state index in [1.807, 2.05) is 277 Å². The second-order valence-electron chi connectivity index (χ2n) is 23.1. The number of nitriles is 2. The first kappa shape index (κ1) is 56.4. The van der Waals surface area contributed by atoms with E-state index in [0.717, 1.165) is 117 Å². The molecule has 0 bridgehead atoms. The molecule has 6 aromatic heterocycles. The predicted molar refractivity (Wildman–Crippen MR) is 370 cm³/mol. The molecule has 0 amide bonds. The van der Waals surface area contributed by atoms with Gasteiger partial charge >= 0.3 is 6.18 Å². The van der Waals surface area contributed by atoms with Gasteiger partial charge in [-0.25, -0.2) is 0 Å². The van der Waals surface area contributed by atoms with Crippen molar-refractivity contribution in [2.75, 3.05) is 0 Å². The van der Waals surface area contributed by atoms with E-state index < -0.39 is 11.7 Å². The number of hydrogen-bond donors (Lipinski definition) is 0. The number of fused-ring (bicyclic) bond motifs is 6. The zero-order valence-electron chi connectivity index (χ0n) is 50.0. The van der Waals surface area contributed by atoms with E-state index in [0.29, 0.717) is 22.1 Å². The van der Waals surface area contributed by atoms with Gasteiger partial charge in [0.2, 0.25) is 0 Å². The highest BCUT2D eigenvalue weighted by molar-refractivity contribution is 6.14. The van der Waals surface area contributed by atoms with Gasteiger partial charge in [-0.05, 0) is 95.1 Å². The summed E-state index contributed by atoms with van der Waals surface area (Å²) in [7, 11) is 0. The van der Waals surface area contributed by atoms with Crippen LogP contribution in [0.15, 0.2) is 298 Å². The number of halogens is 3. The van der Waals surface area contributed by atoms with E-state index in [1.54, 1.807) is 12.1 Å². The van der Waals surface area contributed by atoms with Crippen molar-refractivity contribution in [3.05, 3.63) is 314 Å². The van der Waals surface area contributed by atoms with Gasteiger partial charge in [-0.3, -0.25) is 19.9 Å². The molecule has 6 heterocycles. The van der Waals surface area contributed by atoms with Crippen LogP contribution in [0.2, 0.25) is 0 Å². The van der Waals surface area contributed by atoms with Crippen molar-refractivity contribution >= 4 is 43.6 Å². The number of rotatable bonds is 11. The molecular weight excluding hydrogens is 1170 g/mol. The molecule has 8 nitrogen and oxygen atoms in total. The van der Waals surface area contributed by atoms with Crippen LogP contribution in [-0.2, 0) is 6.18 Å². The maximum atomic E-state index is 16.5. The molecule has 0 spiro atoms. The fourth-order valence-corrected chi connectivity index (χ4v) is 13.1. The van der Waals surface area contributed by atoms with Crippen LogP contribution in [0.5, 0.6) is 0 Å². The first-order chi connectivity index (χ1) is 46.1. The third-order valence-electron chi connectivity index (χ3n) is 17.6. The fourth-order valence-electron chi connectivity index (χ4n) is 13.1. The molecule has 0 saturated heterocycles. The van der Waals surface area contributed by atoms with Crippen LogP contribution in [0.4, 0.5) is 13.2 Å². The minimum atomic E-state index is -4.97. The topological polar surface area (TPSA) is 109 Å². The van der Waals surface area contributed by atoms with Crippen LogP contribution < -0.4 is 0 Å². The molecule has 94 heavy (non-hydrogen) atoms. The molecule has 0 atom stereocenters. The Morgan fingerprint density at radius 3 is 0.862 bits per heavy atom. The Balaban J connectivity index is 1.01. The molecule has 0 saturated carbocycles. The number of benzene rings is 10. The quantitative estimate of drug-likeness (QED) is 0.128. The van der Waals surface area contributed by atoms with Gasteiger partial charge in [-0.15, -0.1) is 0 Å². The molecule has 16 aromatic rings. The summed E-state index contributed by atoms with van der Waals surface area (Å²) in [6.45, 7) is 0. The minimum Gasteiger partial charge on any atom is -0.308 e. The average Bonchev–Trinajstić information content (AvgIpc) is 1.53. The van der Waals surface area contributed by atoms with E-state index in [4.69, 9.17) is 19.9 Å². The highest BCUT2D eigenvalue weighted by Crippen LogP contribution is 2.49. The molecule has 10 aromatic carbocycles. The van der Waals surface area contributed by atoms with E-state index in [9.17, 15) is 10.5 Å². The van der Waals surface area contributed by atoms with Gasteiger partial charge in [0, 0.05) is 102 Å². The van der Waals surface area contributed by atoms with Crippen molar-refractivity contribution in [1.82, 2.24) is 29.1 Å². The summed E-state index contributed by atoms with van der Waals surface area (Å²) in [4.78, 5) is 19.6. The summed E-state index contributed by atoms with van der Waals surface area (Å²) in [6.07, 6.45) is 2.33. The van der Waals surface area contributed by atoms with Crippen LogP contribution in [-0.4, -0.2) is 29.1 Å². The van der Waals surface area contributed by atoms with E-state index in [-0.39, 0.29) is 33.6 Å². The standard InChI is InChI=1S/C83H49F3N8/c84-83(85,86)70-23-13-22-61(47-88)81(70)82-79(93-75-42-57(62-28-36-71(89-48-62)53-14-5-1-6-15-53)24-32-66(75)67-33-25-58(43-76(67)93)63-29-37-72(90-49-63)54-16-7-2-8-17-54)40-52(46-87)41-80(82)94-77-44-59(64-30-38-73(91-50-64)55-18-9-3-10-19-55)26-34-68(77)69-35-27-60(45-78(69)94)65-31-39-74(92-51-65)56-20-11-4-12-21-56/h1-45,48-51H. The first-order valence-electron chi connectivity index (χ1n) is 30.6. The van der Waals surface area contributed by atoms with Crippen LogP contribution >= 0.6 is 0 Å². The number of alkyl halides is 3.